The number of anilines is 1. The third kappa shape index (κ3) is 2.65. The second kappa shape index (κ2) is 4.84. The first-order valence-electron chi connectivity index (χ1n) is 6.47. The van der Waals surface area contributed by atoms with Crippen molar-refractivity contribution in [3.63, 3.8) is 0 Å². The van der Waals surface area contributed by atoms with E-state index in [4.69, 9.17) is 15.2 Å². The normalized spacial score (nSPS) is 14.2. The van der Waals surface area contributed by atoms with Crippen LogP contribution in [-0.2, 0) is 0 Å². The first-order chi connectivity index (χ1) is 9.26. The van der Waals surface area contributed by atoms with Gasteiger partial charge in [-0.25, -0.2) is 0 Å². The van der Waals surface area contributed by atoms with Gasteiger partial charge in [0.05, 0.1) is 18.9 Å². The zero-order valence-electron chi connectivity index (χ0n) is 10.9. The Labute approximate surface area is 113 Å². The average molecular weight is 255 g/mol. The Bertz CT molecular complexity index is 574. The number of rotatable bonds is 4. The fraction of sp³-hybridized carbons (Fsp3) is 0.250. The molecule has 0 saturated heterocycles. The molecule has 98 valence electrons. The molecule has 0 unspecified atom stereocenters. The van der Waals surface area contributed by atoms with E-state index in [1.54, 1.807) is 7.11 Å². The lowest BCUT2D eigenvalue weighted by molar-refractivity contribution is 0.303. The second-order valence-corrected chi connectivity index (χ2v) is 4.80. The minimum absolute atomic E-state index is 0.433. The molecule has 0 aromatic heterocycles. The molecular formula is C16H17NO2. The lowest BCUT2D eigenvalue weighted by Gasteiger charge is -2.09. The van der Waals surface area contributed by atoms with Crippen molar-refractivity contribution in [1.82, 2.24) is 0 Å². The highest BCUT2D eigenvalue weighted by Gasteiger charge is 2.23. The van der Waals surface area contributed by atoms with Crippen LogP contribution in [0.1, 0.15) is 12.8 Å². The molecule has 2 N–H and O–H groups in total. The number of nitrogens with two attached hydrogens (primary N) is 1. The minimum atomic E-state index is 0.433. The molecule has 1 fully saturated rings. The van der Waals surface area contributed by atoms with Gasteiger partial charge in [0.2, 0.25) is 0 Å². The van der Waals surface area contributed by atoms with E-state index in [1.807, 2.05) is 30.3 Å². The van der Waals surface area contributed by atoms with Gasteiger partial charge >= 0.3 is 0 Å². The summed E-state index contributed by atoms with van der Waals surface area (Å²) in [6, 6.07) is 13.9. The van der Waals surface area contributed by atoms with Gasteiger partial charge in [0.1, 0.15) is 11.5 Å². The number of methoxy groups -OCH3 is 1. The second-order valence-electron chi connectivity index (χ2n) is 4.80. The topological polar surface area (TPSA) is 44.5 Å². The van der Waals surface area contributed by atoms with Crippen molar-refractivity contribution in [2.45, 2.75) is 18.9 Å². The van der Waals surface area contributed by atoms with Gasteiger partial charge in [0, 0.05) is 0 Å². The van der Waals surface area contributed by atoms with E-state index >= 15 is 0 Å². The van der Waals surface area contributed by atoms with E-state index in [2.05, 4.69) is 12.1 Å². The Morgan fingerprint density at radius 3 is 2.26 bits per heavy atom. The summed E-state index contributed by atoms with van der Waals surface area (Å²) < 4.78 is 10.9. The summed E-state index contributed by atoms with van der Waals surface area (Å²) in [5.74, 6) is 1.64. The van der Waals surface area contributed by atoms with Crippen molar-refractivity contribution >= 4 is 5.69 Å². The van der Waals surface area contributed by atoms with Crippen LogP contribution in [0, 0.1) is 0 Å². The number of nitrogen functional groups attached to an aromatic ring is 1. The average Bonchev–Trinajstić information content (AvgIpc) is 3.23. The van der Waals surface area contributed by atoms with Crippen LogP contribution in [0.2, 0.25) is 0 Å². The van der Waals surface area contributed by atoms with E-state index in [9.17, 15) is 0 Å². The monoisotopic (exact) mass is 255 g/mol. The number of benzene rings is 2. The molecule has 0 spiro atoms. The molecule has 0 aliphatic heterocycles. The van der Waals surface area contributed by atoms with Gasteiger partial charge in [-0.3, -0.25) is 0 Å². The molecule has 0 amide bonds. The van der Waals surface area contributed by atoms with Gasteiger partial charge in [0.25, 0.3) is 0 Å². The van der Waals surface area contributed by atoms with Crippen LogP contribution in [-0.4, -0.2) is 13.2 Å². The predicted octanol–water partition coefficient (Wildman–Crippen LogP) is 3.49. The van der Waals surface area contributed by atoms with E-state index in [0.29, 0.717) is 17.5 Å². The van der Waals surface area contributed by atoms with Crippen LogP contribution in [0.5, 0.6) is 11.5 Å². The quantitative estimate of drug-likeness (QED) is 0.850. The number of ether oxygens (including phenoxy) is 2. The van der Waals surface area contributed by atoms with Crippen LogP contribution >= 0.6 is 0 Å². The molecular weight excluding hydrogens is 238 g/mol. The standard InChI is InChI=1S/C16H17NO2/c1-18-16-9-4-12(10-15(16)17)11-2-5-13(6-3-11)19-14-7-8-14/h2-6,9-10,14H,7-8,17H2,1H3. The zero-order valence-corrected chi connectivity index (χ0v) is 10.9. The van der Waals surface area contributed by atoms with Gasteiger partial charge < -0.3 is 15.2 Å². The maximum Gasteiger partial charge on any atom is 0.141 e. The van der Waals surface area contributed by atoms with Crippen molar-refractivity contribution in [3.05, 3.63) is 42.5 Å². The largest absolute Gasteiger partial charge is 0.495 e. The molecule has 0 atom stereocenters. The van der Waals surface area contributed by atoms with Gasteiger partial charge in [0.15, 0.2) is 0 Å². The highest BCUT2D eigenvalue weighted by Crippen LogP contribution is 2.31. The molecule has 1 aliphatic rings. The maximum absolute atomic E-state index is 5.92. The summed E-state index contributed by atoms with van der Waals surface area (Å²) in [5, 5.41) is 0. The van der Waals surface area contributed by atoms with Crippen molar-refractivity contribution in [3.8, 4) is 22.6 Å². The molecule has 2 aromatic carbocycles. The molecule has 0 bridgehead atoms. The Morgan fingerprint density at radius 2 is 1.68 bits per heavy atom. The van der Waals surface area contributed by atoms with Crippen LogP contribution < -0.4 is 15.2 Å². The van der Waals surface area contributed by atoms with Gasteiger partial charge in [-0.05, 0) is 48.2 Å². The van der Waals surface area contributed by atoms with Crippen LogP contribution in [0.3, 0.4) is 0 Å². The van der Waals surface area contributed by atoms with Crippen LogP contribution in [0.25, 0.3) is 11.1 Å². The highest BCUT2D eigenvalue weighted by atomic mass is 16.5. The van der Waals surface area contributed by atoms with E-state index in [0.717, 1.165) is 16.9 Å². The summed E-state index contributed by atoms with van der Waals surface area (Å²) in [6.45, 7) is 0. The van der Waals surface area contributed by atoms with Crippen molar-refractivity contribution in [2.24, 2.45) is 0 Å². The van der Waals surface area contributed by atoms with Crippen molar-refractivity contribution < 1.29 is 9.47 Å². The molecule has 1 aliphatic carbocycles. The Hall–Kier alpha value is -2.16. The first-order valence-corrected chi connectivity index (χ1v) is 6.47. The van der Waals surface area contributed by atoms with Crippen LogP contribution in [0.15, 0.2) is 42.5 Å². The maximum atomic E-state index is 5.92. The molecule has 2 aromatic rings. The number of hydrogen-bond donors (Lipinski definition) is 1. The lowest BCUT2D eigenvalue weighted by atomic mass is 10.0. The fourth-order valence-electron chi connectivity index (χ4n) is 2.02. The van der Waals surface area contributed by atoms with Gasteiger partial charge in [-0.15, -0.1) is 0 Å². The molecule has 19 heavy (non-hydrogen) atoms. The SMILES string of the molecule is COc1ccc(-c2ccc(OC3CC3)cc2)cc1N. The Kier molecular flexibility index (Phi) is 3.03. The van der Waals surface area contributed by atoms with Gasteiger partial charge in [-0.1, -0.05) is 18.2 Å². The lowest BCUT2D eigenvalue weighted by Crippen LogP contribution is -1.95. The van der Waals surface area contributed by atoms with Crippen LogP contribution in [0.4, 0.5) is 5.69 Å². The third-order valence-corrected chi connectivity index (χ3v) is 3.24. The van der Waals surface area contributed by atoms with E-state index in [-0.39, 0.29) is 0 Å². The summed E-state index contributed by atoms with van der Waals surface area (Å²) in [5.41, 5.74) is 8.78. The van der Waals surface area contributed by atoms with Crippen molar-refractivity contribution in [2.75, 3.05) is 12.8 Å². The summed E-state index contributed by atoms with van der Waals surface area (Å²) >= 11 is 0. The smallest absolute Gasteiger partial charge is 0.141 e. The Morgan fingerprint density at radius 1 is 1.00 bits per heavy atom. The molecule has 0 radical (unpaired) electrons. The third-order valence-electron chi connectivity index (χ3n) is 3.24. The molecule has 0 heterocycles. The van der Waals surface area contributed by atoms with E-state index in [1.165, 1.54) is 12.8 Å². The highest BCUT2D eigenvalue weighted by molar-refractivity contribution is 5.71. The van der Waals surface area contributed by atoms with E-state index < -0.39 is 0 Å². The zero-order chi connectivity index (χ0) is 13.2. The Balaban J connectivity index is 1.82. The van der Waals surface area contributed by atoms with Gasteiger partial charge in [-0.2, -0.15) is 0 Å². The molecule has 3 nitrogen and oxygen atoms in total. The first kappa shape index (κ1) is 11.9. The molecule has 3 rings (SSSR count). The summed E-state index contributed by atoms with van der Waals surface area (Å²) in [4.78, 5) is 0. The molecule has 3 heteroatoms. The predicted molar refractivity (Wildman–Crippen MR) is 76.5 cm³/mol. The minimum Gasteiger partial charge on any atom is -0.495 e. The molecule has 1 saturated carbocycles. The summed E-state index contributed by atoms with van der Waals surface area (Å²) in [6.07, 6.45) is 2.79. The van der Waals surface area contributed by atoms with Crippen molar-refractivity contribution in [1.29, 1.82) is 0 Å². The fourth-order valence-corrected chi connectivity index (χ4v) is 2.02. The number of hydrogen-bond acceptors (Lipinski definition) is 3. The summed E-state index contributed by atoms with van der Waals surface area (Å²) in [7, 11) is 1.62.